The van der Waals surface area contributed by atoms with Crippen LogP contribution in [0.1, 0.15) is 24.8 Å². The van der Waals surface area contributed by atoms with Gasteiger partial charge >= 0.3 is 0 Å². The standard InChI is InChI=1S/C11H12FNO/c1-3-8(7-13)10-6-9(12)4-5-11(10)14-2/h4-6,8H,3H2,1-2H3. The number of nitriles is 1. The Balaban J connectivity index is 3.16. The molecule has 0 heterocycles. The number of benzene rings is 1. The van der Waals surface area contributed by atoms with E-state index in [1.807, 2.05) is 6.92 Å². The predicted molar refractivity (Wildman–Crippen MR) is 51.6 cm³/mol. The van der Waals surface area contributed by atoms with Crippen LogP contribution in [0, 0.1) is 17.1 Å². The summed E-state index contributed by atoms with van der Waals surface area (Å²) in [5.74, 6) is -0.0741. The van der Waals surface area contributed by atoms with Gasteiger partial charge in [-0.3, -0.25) is 0 Å². The van der Waals surface area contributed by atoms with Crippen molar-refractivity contribution in [2.24, 2.45) is 0 Å². The molecule has 0 radical (unpaired) electrons. The molecule has 0 spiro atoms. The van der Waals surface area contributed by atoms with Crippen LogP contribution in [0.25, 0.3) is 0 Å². The Labute approximate surface area is 82.9 Å². The van der Waals surface area contributed by atoms with Crippen LogP contribution in [0.5, 0.6) is 5.75 Å². The van der Waals surface area contributed by atoms with Gasteiger partial charge < -0.3 is 4.74 Å². The highest BCUT2D eigenvalue weighted by molar-refractivity contribution is 5.39. The lowest BCUT2D eigenvalue weighted by Crippen LogP contribution is -1.98. The third-order valence-electron chi connectivity index (χ3n) is 2.13. The van der Waals surface area contributed by atoms with E-state index in [0.717, 1.165) is 0 Å². The maximum atomic E-state index is 13.0. The van der Waals surface area contributed by atoms with E-state index in [1.54, 1.807) is 6.07 Å². The van der Waals surface area contributed by atoms with Crippen LogP contribution >= 0.6 is 0 Å². The Morgan fingerprint density at radius 1 is 1.57 bits per heavy atom. The van der Waals surface area contributed by atoms with Crippen molar-refractivity contribution >= 4 is 0 Å². The van der Waals surface area contributed by atoms with Crippen LogP contribution in [0.3, 0.4) is 0 Å². The summed E-state index contributed by atoms with van der Waals surface area (Å²) in [7, 11) is 1.51. The molecule has 0 aromatic heterocycles. The van der Waals surface area contributed by atoms with Gasteiger partial charge in [0, 0.05) is 5.56 Å². The molecule has 2 nitrogen and oxygen atoms in total. The molecule has 1 unspecified atom stereocenters. The average Bonchev–Trinajstić information content (AvgIpc) is 2.20. The number of ether oxygens (including phenoxy) is 1. The fourth-order valence-electron chi connectivity index (χ4n) is 1.36. The summed E-state index contributed by atoms with van der Waals surface area (Å²) < 4.78 is 18.0. The van der Waals surface area contributed by atoms with Crippen LogP contribution < -0.4 is 4.74 Å². The lowest BCUT2D eigenvalue weighted by molar-refractivity contribution is 0.406. The highest BCUT2D eigenvalue weighted by Gasteiger charge is 2.14. The average molecular weight is 193 g/mol. The Kier molecular flexibility index (Phi) is 3.47. The molecule has 14 heavy (non-hydrogen) atoms. The molecule has 0 amide bonds. The van der Waals surface area contributed by atoms with Crippen LogP contribution in [0.15, 0.2) is 18.2 Å². The second-order valence-electron chi connectivity index (χ2n) is 2.98. The fraction of sp³-hybridized carbons (Fsp3) is 0.364. The van der Waals surface area contributed by atoms with Crippen molar-refractivity contribution in [3.05, 3.63) is 29.6 Å². The summed E-state index contributed by atoms with van der Waals surface area (Å²) in [5.41, 5.74) is 0.623. The molecule has 0 aliphatic carbocycles. The summed E-state index contributed by atoms with van der Waals surface area (Å²) in [6.45, 7) is 1.89. The second kappa shape index (κ2) is 4.61. The molecule has 1 rings (SSSR count). The van der Waals surface area contributed by atoms with Crippen LogP contribution in [-0.4, -0.2) is 7.11 Å². The first-order valence-corrected chi connectivity index (χ1v) is 4.46. The van der Waals surface area contributed by atoms with Crippen LogP contribution in [0.2, 0.25) is 0 Å². The molecule has 0 saturated heterocycles. The highest BCUT2D eigenvalue weighted by Crippen LogP contribution is 2.28. The molecular formula is C11H12FNO. The monoisotopic (exact) mass is 193 g/mol. The van der Waals surface area contributed by atoms with Gasteiger partial charge in [-0.2, -0.15) is 5.26 Å². The van der Waals surface area contributed by atoms with Crippen molar-refractivity contribution < 1.29 is 9.13 Å². The van der Waals surface area contributed by atoms with Crippen molar-refractivity contribution in [3.8, 4) is 11.8 Å². The molecule has 0 aliphatic rings. The van der Waals surface area contributed by atoms with Crippen molar-refractivity contribution in [2.75, 3.05) is 7.11 Å². The molecule has 0 saturated carbocycles. The van der Waals surface area contributed by atoms with E-state index in [4.69, 9.17) is 10.00 Å². The van der Waals surface area contributed by atoms with E-state index in [2.05, 4.69) is 6.07 Å². The van der Waals surface area contributed by atoms with Crippen molar-refractivity contribution in [2.45, 2.75) is 19.3 Å². The van der Waals surface area contributed by atoms with Crippen LogP contribution in [-0.2, 0) is 0 Å². The number of halogens is 1. The van der Waals surface area contributed by atoms with Gasteiger partial charge in [0.2, 0.25) is 0 Å². The molecule has 1 aromatic carbocycles. The quantitative estimate of drug-likeness (QED) is 0.739. The van der Waals surface area contributed by atoms with Gasteiger partial charge in [0.15, 0.2) is 0 Å². The molecule has 0 fully saturated rings. The van der Waals surface area contributed by atoms with E-state index >= 15 is 0 Å². The molecule has 3 heteroatoms. The molecule has 74 valence electrons. The maximum Gasteiger partial charge on any atom is 0.123 e. The molecular weight excluding hydrogens is 181 g/mol. The second-order valence-corrected chi connectivity index (χ2v) is 2.98. The minimum atomic E-state index is -0.338. The highest BCUT2D eigenvalue weighted by atomic mass is 19.1. The summed E-state index contributed by atoms with van der Waals surface area (Å²) in [6.07, 6.45) is 0.649. The summed E-state index contributed by atoms with van der Waals surface area (Å²) in [5, 5.41) is 8.86. The number of methoxy groups -OCH3 is 1. The minimum Gasteiger partial charge on any atom is -0.496 e. The SMILES string of the molecule is CCC(C#N)c1cc(F)ccc1OC. The first-order chi connectivity index (χ1) is 6.72. The van der Waals surface area contributed by atoms with Gasteiger partial charge in [0.05, 0.1) is 19.1 Å². The maximum absolute atomic E-state index is 13.0. The zero-order chi connectivity index (χ0) is 10.6. The number of hydrogen-bond donors (Lipinski definition) is 0. The molecule has 1 aromatic rings. The number of nitrogens with zero attached hydrogens (tertiary/aromatic N) is 1. The van der Waals surface area contributed by atoms with Gasteiger partial charge in [0.25, 0.3) is 0 Å². The first-order valence-electron chi connectivity index (χ1n) is 4.46. The van der Waals surface area contributed by atoms with Gasteiger partial charge in [-0.1, -0.05) is 6.92 Å². The molecule has 0 N–H and O–H groups in total. The van der Waals surface area contributed by atoms with Gasteiger partial charge in [-0.05, 0) is 24.6 Å². The smallest absolute Gasteiger partial charge is 0.123 e. The van der Waals surface area contributed by atoms with Crippen molar-refractivity contribution in [1.82, 2.24) is 0 Å². The Bertz CT molecular complexity index is 357. The van der Waals surface area contributed by atoms with Gasteiger partial charge in [-0.25, -0.2) is 4.39 Å². The summed E-state index contributed by atoms with van der Waals surface area (Å²) in [4.78, 5) is 0. The summed E-state index contributed by atoms with van der Waals surface area (Å²) in [6, 6.07) is 6.35. The Hall–Kier alpha value is -1.56. The third-order valence-corrected chi connectivity index (χ3v) is 2.13. The molecule has 0 bridgehead atoms. The normalized spacial score (nSPS) is 11.9. The third kappa shape index (κ3) is 2.02. The predicted octanol–water partition coefficient (Wildman–Crippen LogP) is 2.85. The largest absolute Gasteiger partial charge is 0.496 e. The van der Waals surface area contributed by atoms with E-state index in [-0.39, 0.29) is 11.7 Å². The zero-order valence-electron chi connectivity index (χ0n) is 8.25. The first kappa shape index (κ1) is 10.5. The Morgan fingerprint density at radius 3 is 2.79 bits per heavy atom. The lowest BCUT2D eigenvalue weighted by atomic mass is 9.97. The van der Waals surface area contributed by atoms with Gasteiger partial charge in [0.1, 0.15) is 11.6 Å². The number of rotatable bonds is 3. The van der Waals surface area contributed by atoms with E-state index < -0.39 is 0 Å². The topological polar surface area (TPSA) is 33.0 Å². The zero-order valence-corrected chi connectivity index (χ0v) is 8.25. The van der Waals surface area contributed by atoms with E-state index in [1.165, 1.54) is 19.2 Å². The Morgan fingerprint density at radius 2 is 2.29 bits per heavy atom. The molecule has 0 aliphatic heterocycles. The minimum absolute atomic E-state index is 0.305. The summed E-state index contributed by atoms with van der Waals surface area (Å²) >= 11 is 0. The van der Waals surface area contributed by atoms with Crippen molar-refractivity contribution in [1.29, 1.82) is 5.26 Å². The number of hydrogen-bond acceptors (Lipinski definition) is 2. The van der Waals surface area contributed by atoms with Crippen molar-refractivity contribution in [3.63, 3.8) is 0 Å². The van der Waals surface area contributed by atoms with Gasteiger partial charge in [-0.15, -0.1) is 0 Å². The van der Waals surface area contributed by atoms with E-state index in [0.29, 0.717) is 17.7 Å². The van der Waals surface area contributed by atoms with Crippen LogP contribution in [0.4, 0.5) is 4.39 Å². The fourth-order valence-corrected chi connectivity index (χ4v) is 1.36. The van der Waals surface area contributed by atoms with E-state index in [9.17, 15) is 4.39 Å². The molecule has 1 atom stereocenters. The lowest BCUT2D eigenvalue weighted by Gasteiger charge is -2.11.